The lowest BCUT2D eigenvalue weighted by molar-refractivity contribution is -0.159. The van der Waals surface area contributed by atoms with Crippen LogP contribution in [0.4, 0.5) is 0 Å². The van der Waals surface area contributed by atoms with Crippen molar-refractivity contribution in [3.8, 4) is 0 Å². The Labute approximate surface area is 93.7 Å². The van der Waals surface area contributed by atoms with Crippen molar-refractivity contribution in [3.63, 3.8) is 0 Å². The molecule has 0 aromatic rings. The van der Waals surface area contributed by atoms with Gasteiger partial charge in [-0.05, 0) is 25.8 Å². The van der Waals surface area contributed by atoms with E-state index in [1.807, 2.05) is 0 Å². The molecule has 0 unspecified atom stereocenters. The van der Waals surface area contributed by atoms with Gasteiger partial charge in [-0.25, -0.2) is 0 Å². The van der Waals surface area contributed by atoms with Crippen molar-refractivity contribution < 1.29 is 24.5 Å². The first-order valence-corrected chi connectivity index (χ1v) is 5.22. The predicted octanol–water partition coefficient (Wildman–Crippen LogP) is 1.14. The number of carboxylic acids is 2. The molecule has 5 nitrogen and oxygen atoms in total. The molecule has 0 fully saturated rings. The molecule has 0 saturated heterocycles. The fourth-order valence-corrected chi connectivity index (χ4v) is 2.04. The first-order chi connectivity index (χ1) is 7.49. The Kier molecular flexibility index (Phi) is 4.06. The van der Waals surface area contributed by atoms with E-state index in [2.05, 4.69) is 0 Å². The molecule has 2 N–H and O–H groups in total. The van der Waals surface area contributed by atoms with Gasteiger partial charge in [0.1, 0.15) is 5.92 Å². The molecule has 0 radical (unpaired) electrons. The number of rotatable bonds is 4. The Balaban J connectivity index is 3.01. The summed E-state index contributed by atoms with van der Waals surface area (Å²) >= 11 is 0. The second-order valence-electron chi connectivity index (χ2n) is 3.87. The third-order valence-corrected chi connectivity index (χ3v) is 2.85. The van der Waals surface area contributed by atoms with Crippen LogP contribution in [0.15, 0.2) is 11.6 Å². The fourth-order valence-electron chi connectivity index (χ4n) is 2.04. The summed E-state index contributed by atoms with van der Waals surface area (Å²) in [5.41, 5.74) is 0.798. The zero-order valence-corrected chi connectivity index (χ0v) is 9.34. The van der Waals surface area contributed by atoms with Gasteiger partial charge in [-0.3, -0.25) is 9.59 Å². The van der Waals surface area contributed by atoms with E-state index in [1.54, 1.807) is 19.9 Å². The number of ether oxygens (including phenoxy) is 1. The van der Waals surface area contributed by atoms with Crippen molar-refractivity contribution in [2.24, 2.45) is 11.8 Å². The molecule has 1 aliphatic carbocycles. The van der Waals surface area contributed by atoms with Gasteiger partial charge in [-0.1, -0.05) is 6.08 Å². The summed E-state index contributed by atoms with van der Waals surface area (Å²) in [5, 5.41) is 18.1. The van der Waals surface area contributed by atoms with Gasteiger partial charge < -0.3 is 14.9 Å². The Hall–Kier alpha value is -1.36. The molecular formula is C11H16O5. The van der Waals surface area contributed by atoms with Crippen LogP contribution in [-0.2, 0) is 14.3 Å². The smallest absolute Gasteiger partial charge is 0.310 e. The second kappa shape index (κ2) is 5.12. The zero-order valence-electron chi connectivity index (χ0n) is 9.34. The molecule has 1 rings (SSSR count). The monoisotopic (exact) mass is 228 g/mol. The molecule has 0 amide bonds. The molecule has 16 heavy (non-hydrogen) atoms. The number of carboxylic acid groups (broad SMARTS) is 2. The first kappa shape index (κ1) is 12.7. The van der Waals surface area contributed by atoms with Crippen molar-refractivity contribution in [2.75, 3.05) is 6.61 Å². The van der Waals surface area contributed by atoms with Crippen molar-refractivity contribution in [1.29, 1.82) is 0 Å². The summed E-state index contributed by atoms with van der Waals surface area (Å²) in [6.07, 6.45) is 1.37. The van der Waals surface area contributed by atoms with E-state index in [4.69, 9.17) is 14.9 Å². The maximum absolute atomic E-state index is 11.1. The maximum atomic E-state index is 11.1. The minimum atomic E-state index is -1.11. The molecule has 0 saturated carbocycles. The summed E-state index contributed by atoms with van der Waals surface area (Å²) in [6.45, 7) is 3.90. The van der Waals surface area contributed by atoms with Crippen LogP contribution in [0.25, 0.3) is 0 Å². The van der Waals surface area contributed by atoms with E-state index in [9.17, 15) is 9.59 Å². The Morgan fingerprint density at radius 2 is 2.06 bits per heavy atom. The van der Waals surface area contributed by atoms with Crippen molar-refractivity contribution >= 4 is 11.9 Å². The first-order valence-electron chi connectivity index (χ1n) is 5.22. The van der Waals surface area contributed by atoms with E-state index in [-0.39, 0.29) is 6.42 Å². The van der Waals surface area contributed by atoms with Crippen LogP contribution >= 0.6 is 0 Å². The highest BCUT2D eigenvalue weighted by Gasteiger charge is 2.42. The van der Waals surface area contributed by atoms with Crippen LogP contribution in [0.1, 0.15) is 20.3 Å². The van der Waals surface area contributed by atoms with Crippen LogP contribution in [0.2, 0.25) is 0 Å². The highest BCUT2D eigenvalue weighted by Crippen LogP contribution is 2.32. The molecule has 90 valence electrons. The average molecular weight is 228 g/mol. The molecule has 0 spiro atoms. The van der Waals surface area contributed by atoms with E-state index in [1.165, 1.54) is 0 Å². The number of carbonyl (C=O) groups is 2. The molecule has 0 aliphatic heterocycles. The quantitative estimate of drug-likeness (QED) is 0.705. The lowest BCUT2D eigenvalue weighted by Crippen LogP contribution is -2.42. The SMILES string of the molecule is CCO[C@H]1C(C)=CC[C@@H](C(=O)O)[C@H]1C(=O)O. The Morgan fingerprint density at radius 1 is 1.44 bits per heavy atom. The van der Waals surface area contributed by atoms with E-state index < -0.39 is 29.9 Å². The minimum Gasteiger partial charge on any atom is -0.481 e. The van der Waals surface area contributed by atoms with Crippen molar-refractivity contribution in [1.82, 2.24) is 0 Å². The standard InChI is InChI=1S/C11H16O5/c1-3-16-9-6(2)4-5-7(10(12)13)8(9)11(14)15/h4,7-9H,3,5H2,1-2H3,(H,12,13)(H,14,15)/t7-,8-,9+/m1/s1. The number of allylic oxidation sites excluding steroid dienone is 1. The molecule has 1 aliphatic rings. The van der Waals surface area contributed by atoms with Crippen LogP contribution in [0.5, 0.6) is 0 Å². The number of hydrogen-bond donors (Lipinski definition) is 2. The summed E-state index contributed by atoms with van der Waals surface area (Å²) in [6, 6.07) is 0. The van der Waals surface area contributed by atoms with Crippen molar-refractivity contribution in [3.05, 3.63) is 11.6 Å². The highest BCUT2D eigenvalue weighted by atomic mass is 16.5. The van der Waals surface area contributed by atoms with Gasteiger partial charge in [0.2, 0.25) is 0 Å². The van der Waals surface area contributed by atoms with E-state index >= 15 is 0 Å². The molecule has 0 aromatic heterocycles. The molecule has 5 heteroatoms. The average Bonchev–Trinajstić information content (AvgIpc) is 2.20. The maximum Gasteiger partial charge on any atom is 0.310 e. The van der Waals surface area contributed by atoms with Crippen LogP contribution in [-0.4, -0.2) is 34.9 Å². The molecular weight excluding hydrogens is 212 g/mol. The zero-order chi connectivity index (χ0) is 12.3. The van der Waals surface area contributed by atoms with E-state index in [0.717, 1.165) is 5.57 Å². The normalized spacial score (nSPS) is 29.6. The summed E-state index contributed by atoms with van der Waals surface area (Å²) in [7, 11) is 0. The minimum absolute atomic E-state index is 0.252. The van der Waals surface area contributed by atoms with Gasteiger partial charge in [0.05, 0.1) is 12.0 Å². The fraction of sp³-hybridized carbons (Fsp3) is 0.636. The van der Waals surface area contributed by atoms with Gasteiger partial charge in [0, 0.05) is 6.61 Å². The summed E-state index contributed by atoms with van der Waals surface area (Å²) in [5.74, 6) is -4.10. The van der Waals surface area contributed by atoms with Gasteiger partial charge in [0.25, 0.3) is 0 Å². The predicted molar refractivity (Wildman–Crippen MR) is 56.0 cm³/mol. The molecule has 3 atom stereocenters. The number of hydrogen-bond acceptors (Lipinski definition) is 3. The molecule has 0 aromatic carbocycles. The third kappa shape index (κ3) is 2.41. The van der Waals surface area contributed by atoms with Crippen LogP contribution in [0, 0.1) is 11.8 Å². The molecule has 0 bridgehead atoms. The van der Waals surface area contributed by atoms with Gasteiger partial charge in [0.15, 0.2) is 0 Å². The van der Waals surface area contributed by atoms with Crippen molar-refractivity contribution in [2.45, 2.75) is 26.4 Å². The van der Waals surface area contributed by atoms with Crippen LogP contribution in [0.3, 0.4) is 0 Å². The lowest BCUT2D eigenvalue weighted by atomic mass is 9.77. The Bertz CT molecular complexity index is 320. The second-order valence-corrected chi connectivity index (χ2v) is 3.87. The largest absolute Gasteiger partial charge is 0.481 e. The third-order valence-electron chi connectivity index (χ3n) is 2.85. The Morgan fingerprint density at radius 3 is 2.50 bits per heavy atom. The molecule has 0 heterocycles. The highest BCUT2D eigenvalue weighted by molar-refractivity contribution is 5.81. The number of aliphatic carboxylic acids is 2. The van der Waals surface area contributed by atoms with Crippen LogP contribution < -0.4 is 0 Å². The van der Waals surface area contributed by atoms with E-state index in [0.29, 0.717) is 6.61 Å². The van der Waals surface area contributed by atoms with Gasteiger partial charge in [-0.15, -0.1) is 0 Å². The lowest BCUT2D eigenvalue weighted by Gasteiger charge is -2.32. The summed E-state index contributed by atoms with van der Waals surface area (Å²) in [4.78, 5) is 22.1. The topological polar surface area (TPSA) is 83.8 Å². The summed E-state index contributed by atoms with van der Waals surface area (Å²) < 4.78 is 5.34. The van der Waals surface area contributed by atoms with Gasteiger partial charge >= 0.3 is 11.9 Å². The van der Waals surface area contributed by atoms with Gasteiger partial charge in [-0.2, -0.15) is 0 Å².